The maximum atomic E-state index is 12.8. The van der Waals surface area contributed by atoms with Gasteiger partial charge in [-0.15, -0.1) is 0 Å². The molecule has 0 fully saturated rings. The molecule has 2 aromatic carbocycles. The van der Waals surface area contributed by atoms with Crippen LogP contribution in [0.15, 0.2) is 48.5 Å². The van der Waals surface area contributed by atoms with Gasteiger partial charge in [0, 0.05) is 11.8 Å². The first-order chi connectivity index (χ1) is 13.2. The number of carbonyl (C=O) groups is 2. The van der Waals surface area contributed by atoms with Gasteiger partial charge in [-0.25, -0.2) is 4.79 Å². The molecule has 5 nitrogen and oxygen atoms in total. The number of halogens is 4. The Balaban J connectivity index is 1.89. The largest absolute Gasteiger partial charge is 0.452 e. The van der Waals surface area contributed by atoms with Gasteiger partial charge in [0.1, 0.15) is 0 Å². The summed E-state index contributed by atoms with van der Waals surface area (Å²) in [6.07, 6.45) is -2.16. The molecule has 0 saturated heterocycles. The Morgan fingerprint density at radius 2 is 1.86 bits per heavy atom. The van der Waals surface area contributed by atoms with Gasteiger partial charge in [0.25, 0.3) is 5.91 Å². The molecule has 2 aromatic rings. The topological polar surface area (TPSA) is 79.2 Å². The maximum absolute atomic E-state index is 12.8. The lowest BCUT2D eigenvalue weighted by molar-refractivity contribution is -0.142. The summed E-state index contributed by atoms with van der Waals surface area (Å²) in [5.74, 6) is -1.62. The molecular formula is C19H12ClF3N2O3. The van der Waals surface area contributed by atoms with E-state index in [0.717, 1.165) is 12.1 Å². The fourth-order valence-electron chi connectivity index (χ4n) is 2.04. The Morgan fingerprint density at radius 3 is 2.46 bits per heavy atom. The summed E-state index contributed by atoms with van der Waals surface area (Å²) in [6.45, 7) is -0.680. The van der Waals surface area contributed by atoms with Crippen molar-refractivity contribution in [3.8, 4) is 6.07 Å². The zero-order valence-corrected chi connectivity index (χ0v) is 14.8. The number of hydrogen-bond acceptors (Lipinski definition) is 4. The van der Waals surface area contributed by atoms with Gasteiger partial charge in [-0.2, -0.15) is 18.4 Å². The normalized spacial score (nSPS) is 11.1. The van der Waals surface area contributed by atoms with Gasteiger partial charge in [-0.3, -0.25) is 4.79 Å². The minimum absolute atomic E-state index is 0.133. The molecule has 0 aromatic heterocycles. The van der Waals surface area contributed by atoms with Gasteiger partial charge in [-0.05, 0) is 42.0 Å². The van der Waals surface area contributed by atoms with E-state index in [9.17, 15) is 22.8 Å². The standard InChI is InChI=1S/C19H12ClF3N2O3/c20-16-7-6-14(9-15(16)19(21,22)23)25-17(26)11-28-18(27)8-5-12-1-3-13(10-24)4-2-12/h1-9H,11H2,(H,25,26)/b8-5+. The Bertz CT molecular complexity index is 948. The summed E-state index contributed by atoms with van der Waals surface area (Å²) in [6, 6.07) is 11.2. The summed E-state index contributed by atoms with van der Waals surface area (Å²) in [4.78, 5) is 23.4. The lowest BCUT2D eigenvalue weighted by Gasteiger charge is -2.11. The zero-order chi connectivity index (χ0) is 20.7. The first kappa shape index (κ1) is 21.0. The van der Waals surface area contributed by atoms with Crippen LogP contribution in [0.1, 0.15) is 16.7 Å². The van der Waals surface area contributed by atoms with Crippen molar-refractivity contribution in [2.24, 2.45) is 0 Å². The number of nitriles is 1. The summed E-state index contributed by atoms with van der Waals surface area (Å²) in [5.41, 5.74) is -0.117. The number of anilines is 1. The number of hydrogen-bond donors (Lipinski definition) is 1. The maximum Gasteiger partial charge on any atom is 0.417 e. The summed E-state index contributed by atoms with van der Waals surface area (Å²) >= 11 is 5.50. The van der Waals surface area contributed by atoms with E-state index >= 15 is 0 Å². The van der Waals surface area contributed by atoms with Crippen LogP contribution < -0.4 is 5.32 Å². The molecule has 28 heavy (non-hydrogen) atoms. The number of rotatable bonds is 5. The van der Waals surface area contributed by atoms with Crippen LogP contribution >= 0.6 is 11.6 Å². The van der Waals surface area contributed by atoms with Crippen molar-refractivity contribution in [1.29, 1.82) is 5.26 Å². The molecule has 0 unspecified atom stereocenters. The van der Waals surface area contributed by atoms with E-state index in [1.807, 2.05) is 6.07 Å². The molecule has 0 saturated carbocycles. The van der Waals surface area contributed by atoms with Gasteiger partial charge in [0.15, 0.2) is 6.61 Å². The van der Waals surface area contributed by atoms with Gasteiger partial charge in [0.2, 0.25) is 0 Å². The van der Waals surface area contributed by atoms with Crippen molar-refractivity contribution in [2.45, 2.75) is 6.18 Å². The van der Waals surface area contributed by atoms with Crippen LogP contribution in [0.5, 0.6) is 0 Å². The third-order valence-electron chi connectivity index (χ3n) is 3.35. The lowest BCUT2D eigenvalue weighted by atomic mass is 10.1. The second-order valence-electron chi connectivity index (χ2n) is 5.42. The van der Waals surface area contributed by atoms with Crippen molar-refractivity contribution in [3.63, 3.8) is 0 Å². The van der Waals surface area contributed by atoms with Gasteiger partial charge in [-0.1, -0.05) is 23.7 Å². The van der Waals surface area contributed by atoms with Crippen LogP contribution in [-0.2, 0) is 20.5 Å². The van der Waals surface area contributed by atoms with E-state index < -0.39 is 35.2 Å². The van der Waals surface area contributed by atoms with E-state index in [1.165, 1.54) is 12.1 Å². The summed E-state index contributed by atoms with van der Waals surface area (Å²) < 4.78 is 43.1. The Labute approximate surface area is 163 Å². The van der Waals surface area contributed by atoms with E-state index in [2.05, 4.69) is 5.32 Å². The second-order valence-corrected chi connectivity index (χ2v) is 5.82. The first-order valence-corrected chi connectivity index (χ1v) is 8.08. The van der Waals surface area contributed by atoms with Crippen molar-refractivity contribution in [1.82, 2.24) is 0 Å². The van der Waals surface area contributed by atoms with E-state index in [0.29, 0.717) is 17.2 Å². The van der Waals surface area contributed by atoms with Crippen LogP contribution in [0, 0.1) is 11.3 Å². The Kier molecular flexibility index (Phi) is 6.79. The number of esters is 1. The fourth-order valence-corrected chi connectivity index (χ4v) is 2.26. The van der Waals surface area contributed by atoms with Crippen LogP contribution in [0.25, 0.3) is 6.08 Å². The van der Waals surface area contributed by atoms with Crippen LogP contribution in [-0.4, -0.2) is 18.5 Å². The van der Waals surface area contributed by atoms with Gasteiger partial charge in [0.05, 0.1) is 22.2 Å². The molecule has 1 N–H and O–H groups in total. The SMILES string of the molecule is N#Cc1ccc(/C=C/C(=O)OCC(=O)Nc2ccc(Cl)c(C(F)(F)F)c2)cc1. The monoisotopic (exact) mass is 408 g/mol. The lowest BCUT2D eigenvalue weighted by Crippen LogP contribution is -2.20. The van der Waals surface area contributed by atoms with Crippen LogP contribution in [0.3, 0.4) is 0 Å². The summed E-state index contributed by atoms with van der Waals surface area (Å²) in [5, 5.41) is 10.4. The van der Waals surface area contributed by atoms with E-state index in [1.54, 1.807) is 24.3 Å². The summed E-state index contributed by atoms with van der Waals surface area (Å²) in [7, 11) is 0. The van der Waals surface area contributed by atoms with Crippen molar-refractivity contribution in [2.75, 3.05) is 11.9 Å². The molecule has 144 valence electrons. The van der Waals surface area contributed by atoms with Gasteiger partial charge >= 0.3 is 12.1 Å². The molecule has 0 heterocycles. The van der Waals surface area contributed by atoms with Crippen molar-refractivity contribution >= 4 is 35.2 Å². The smallest absolute Gasteiger partial charge is 0.417 e. The third kappa shape index (κ3) is 6.14. The molecule has 1 amide bonds. The van der Waals surface area contributed by atoms with E-state index in [-0.39, 0.29) is 5.69 Å². The molecule has 0 aliphatic carbocycles. The van der Waals surface area contributed by atoms with Gasteiger partial charge < -0.3 is 10.1 Å². The first-order valence-electron chi connectivity index (χ1n) is 7.70. The number of amides is 1. The fraction of sp³-hybridized carbons (Fsp3) is 0.105. The molecule has 0 spiro atoms. The van der Waals surface area contributed by atoms with Crippen LogP contribution in [0.2, 0.25) is 5.02 Å². The average molecular weight is 409 g/mol. The molecule has 0 atom stereocenters. The number of nitrogens with one attached hydrogen (secondary N) is 1. The van der Waals surface area contributed by atoms with Crippen molar-refractivity contribution in [3.05, 3.63) is 70.3 Å². The highest BCUT2D eigenvalue weighted by atomic mass is 35.5. The minimum atomic E-state index is -4.67. The second kappa shape index (κ2) is 9.06. The number of carbonyl (C=O) groups excluding carboxylic acids is 2. The number of alkyl halides is 3. The molecule has 2 rings (SSSR count). The average Bonchev–Trinajstić information content (AvgIpc) is 2.65. The quantitative estimate of drug-likeness (QED) is 0.586. The number of ether oxygens (including phenoxy) is 1. The molecule has 9 heteroatoms. The highest BCUT2D eigenvalue weighted by molar-refractivity contribution is 6.31. The highest BCUT2D eigenvalue weighted by Crippen LogP contribution is 2.36. The predicted octanol–water partition coefficient (Wildman–Crippen LogP) is 4.43. The Hall–Kier alpha value is -3.31. The predicted molar refractivity (Wildman–Crippen MR) is 96.2 cm³/mol. The molecule has 0 bridgehead atoms. The molecule has 0 radical (unpaired) electrons. The Morgan fingerprint density at radius 1 is 1.18 bits per heavy atom. The minimum Gasteiger partial charge on any atom is -0.452 e. The molecule has 0 aliphatic heterocycles. The third-order valence-corrected chi connectivity index (χ3v) is 3.68. The van der Waals surface area contributed by atoms with Crippen molar-refractivity contribution < 1.29 is 27.5 Å². The number of benzene rings is 2. The van der Waals surface area contributed by atoms with Crippen LogP contribution in [0.4, 0.5) is 18.9 Å². The zero-order valence-electron chi connectivity index (χ0n) is 14.1. The van der Waals surface area contributed by atoms with E-state index in [4.69, 9.17) is 21.6 Å². The highest BCUT2D eigenvalue weighted by Gasteiger charge is 2.33. The number of nitrogens with zero attached hydrogens (tertiary/aromatic N) is 1. The molecular weight excluding hydrogens is 397 g/mol. The molecule has 0 aliphatic rings.